The van der Waals surface area contributed by atoms with Crippen LogP contribution in [0.2, 0.25) is 0 Å². The average molecular weight is 398 g/mol. The van der Waals surface area contributed by atoms with Gasteiger partial charge in [-0.2, -0.15) is 0 Å². The fourth-order valence-electron chi connectivity index (χ4n) is 2.23. The van der Waals surface area contributed by atoms with Gasteiger partial charge in [0.05, 0.1) is 11.4 Å². The van der Waals surface area contributed by atoms with Crippen molar-refractivity contribution in [2.24, 2.45) is 0 Å². The molecule has 1 N–H and O–H groups in total. The van der Waals surface area contributed by atoms with Gasteiger partial charge in [-0.15, -0.1) is 0 Å². The molecule has 0 saturated heterocycles. The first-order valence-corrected chi connectivity index (χ1v) is 9.37. The van der Waals surface area contributed by atoms with Crippen molar-refractivity contribution < 1.29 is 17.9 Å². The monoisotopic (exact) mass is 397 g/mol. The number of aryl methyl sites for hydroxylation is 1. The van der Waals surface area contributed by atoms with E-state index in [9.17, 15) is 8.42 Å². The van der Waals surface area contributed by atoms with Gasteiger partial charge in [-0.25, -0.2) is 13.1 Å². The molecular formula is C16H16BrNO4S. The van der Waals surface area contributed by atoms with Crippen molar-refractivity contribution in [3.05, 3.63) is 52.5 Å². The van der Waals surface area contributed by atoms with Gasteiger partial charge in [0, 0.05) is 4.47 Å². The van der Waals surface area contributed by atoms with Gasteiger partial charge in [0.1, 0.15) is 12.7 Å². The second-order valence-corrected chi connectivity index (χ2v) is 7.88. The maximum absolute atomic E-state index is 12.4. The SMILES string of the molecule is Cc1cc(S(=O)(=O)NC[C@H]2COc3ccccc3O2)ccc1Br. The van der Waals surface area contributed by atoms with E-state index in [0.717, 1.165) is 10.0 Å². The lowest BCUT2D eigenvalue weighted by molar-refractivity contribution is 0.0943. The Labute approximate surface area is 143 Å². The van der Waals surface area contributed by atoms with E-state index in [1.165, 1.54) is 0 Å². The van der Waals surface area contributed by atoms with Crippen molar-refractivity contribution in [1.29, 1.82) is 0 Å². The molecule has 122 valence electrons. The Morgan fingerprint density at radius 2 is 1.96 bits per heavy atom. The first-order chi connectivity index (χ1) is 11.0. The Hall–Kier alpha value is -1.57. The Bertz CT molecular complexity index is 823. The fourth-order valence-corrected chi connectivity index (χ4v) is 3.63. The van der Waals surface area contributed by atoms with E-state index < -0.39 is 10.0 Å². The van der Waals surface area contributed by atoms with E-state index in [4.69, 9.17) is 9.47 Å². The third-order valence-corrected chi connectivity index (χ3v) is 5.82. The van der Waals surface area contributed by atoms with E-state index in [1.807, 2.05) is 25.1 Å². The molecule has 3 rings (SSSR count). The van der Waals surface area contributed by atoms with Crippen LogP contribution in [0.3, 0.4) is 0 Å². The molecular weight excluding hydrogens is 382 g/mol. The van der Waals surface area contributed by atoms with Crippen LogP contribution in [-0.4, -0.2) is 27.7 Å². The number of hydrogen-bond acceptors (Lipinski definition) is 4. The molecule has 1 aliphatic heterocycles. The molecule has 0 unspecified atom stereocenters. The minimum atomic E-state index is -3.58. The Morgan fingerprint density at radius 1 is 1.22 bits per heavy atom. The number of fused-ring (bicyclic) bond motifs is 1. The molecule has 1 atom stereocenters. The van der Waals surface area contributed by atoms with Crippen molar-refractivity contribution in [3.63, 3.8) is 0 Å². The molecule has 1 heterocycles. The minimum Gasteiger partial charge on any atom is -0.486 e. The summed E-state index contributed by atoms with van der Waals surface area (Å²) in [4.78, 5) is 0.232. The normalized spacial score (nSPS) is 17.0. The third kappa shape index (κ3) is 3.68. The summed E-state index contributed by atoms with van der Waals surface area (Å²) in [6.45, 7) is 2.29. The molecule has 0 amide bonds. The Balaban J connectivity index is 1.67. The van der Waals surface area contributed by atoms with Gasteiger partial charge in [-0.3, -0.25) is 0 Å². The third-order valence-electron chi connectivity index (χ3n) is 3.51. The zero-order valence-electron chi connectivity index (χ0n) is 12.5. The zero-order valence-corrected chi connectivity index (χ0v) is 14.9. The lowest BCUT2D eigenvalue weighted by Gasteiger charge is -2.26. The van der Waals surface area contributed by atoms with Crippen molar-refractivity contribution in [2.75, 3.05) is 13.2 Å². The number of ether oxygens (including phenoxy) is 2. The van der Waals surface area contributed by atoms with Crippen LogP contribution in [0.15, 0.2) is 51.8 Å². The summed E-state index contributed by atoms with van der Waals surface area (Å²) < 4.78 is 39.5. The molecule has 0 bridgehead atoms. The van der Waals surface area contributed by atoms with Crippen LogP contribution >= 0.6 is 15.9 Å². The van der Waals surface area contributed by atoms with Crippen LogP contribution in [0.25, 0.3) is 0 Å². The molecule has 0 radical (unpaired) electrons. The topological polar surface area (TPSA) is 64.6 Å². The van der Waals surface area contributed by atoms with Gasteiger partial charge in [0.15, 0.2) is 11.5 Å². The van der Waals surface area contributed by atoms with Gasteiger partial charge in [-0.1, -0.05) is 28.1 Å². The first kappa shape index (κ1) is 16.3. The molecule has 2 aromatic rings. The van der Waals surface area contributed by atoms with Gasteiger partial charge >= 0.3 is 0 Å². The molecule has 0 aliphatic carbocycles. The summed E-state index contributed by atoms with van der Waals surface area (Å²) in [5, 5.41) is 0. The fraction of sp³-hybridized carbons (Fsp3) is 0.250. The van der Waals surface area contributed by atoms with E-state index in [0.29, 0.717) is 18.1 Å². The maximum atomic E-state index is 12.4. The van der Waals surface area contributed by atoms with Crippen molar-refractivity contribution in [3.8, 4) is 11.5 Å². The lowest BCUT2D eigenvalue weighted by Crippen LogP contribution is -2.40. The largest absolute Gasteiger partial charge is 0.486 e. The Morgan fingerprint density at radius 3 is 2.70 bits per heavy atom. The van der Waals surface area contributed by atoms with Crippen molar-refractivity contribution in [1.82, 2.24) is 4.72 Å². The van der Waals surface area contributed by atoms with Crippen LogP contribution in [0.5, 0.6) is 11.5 Å². The van der Waals surface area contributed by atoms with E-state index in [2.05, 4.69) is 20.7 Å². The van der Waals surface area contributed by atoms with Crippen molar-refractivity contribution in [2.45, 2.75) is 17.9 Å². The van der Waals surface area contributed by atoms with Crippen LogP contribution in [0, 0.1) is 6.92 Å². The van der Waals surface area contributed by atoms with E-state index in [-0.39, 0.29) is 17.5 Å². The zero-order chi connectivity index (χ0) is 16.4. The predicted octanol–water partition coefficient (Wildman–Crippen LogP) is 2.88. The molecule has 0 saturated carbocycles. The maximum Gasteiger partial charge on any atom is 0.240 e. The molecule has 0 spiro atoms. The lowest BCUT2D eigenvalue weighted by atomic mass is 10.2. The van der Waals surface area contributed by atoms with Crippen LogP contribution in [-0.2, 0) is 10.0 Å². The van der Waals surface area contributed by atoms with Gasteiger partial charge in [0.2, 0.25) is 10.0 Å². The number of nitrogens with one attached hydrogen (secondary N) is 1. The summed E-state index contributed by atoms with van der Waals surface area (Å²) in [7, 11) is -3.58. The minimum absolute atomic E-state index is 0.145. The molecule has 5 nitrogen and oxygen atoms in total. The summed E-state index contributed by atoms with van der Waals surface area (Å²) >= 11 is 3.36. The second kappa shape index (κ2) is 6.51. The second-order valence-electron chi connectivity index (χ2n) is 5.26. The average Bonchev–Trinajstić information content (AvgIpc) is 2.55. The number of benzene rings is 2. The number of sulfonamides is 1. The van der Waals surface area contributed by atoms with E-state index in [1.54, 1.807) is 24.3 Å². The van der Waals surface area contributed by atoms with Crippen LogP contribution in [0.1, 0.15) is 5.56 Å². The Kier molecular flexibility index (Phi) is 4.61. The molecule has 0 aromatic heterocycles. The number of hydrogen-bond donors (Lipinski definition) is 1. The highest BCUT2D eigenvalue weighted by Gasteiger charge is 2.23. The van der Waals surface area contributed by atoms with Gasteiger partial charge in [-0.05, 0) is 42.8 Å². The van der Waals surface area contributed by atoms with Gasteiger partial charge < -0.3 is 9.47 Å². The van der Waals surface area contributed by atoms with Gasteiger partial charge in [0.25, 0.3) is 0 Å². The smallest absolute Gasteiger partial charge is 0.240 e. The van der Waals surface area contributed by atoms with Crippen LogP contribution < -0.4 is 14.2 Å². The van der Waals surface area contributed by atoms with Crippen molar-refractivity contribution >= 4 is 26.0 Å². The predicted molar refractivity (Wildman–Crippen MR) is 90.4 cm³/mol. The number of halogens is 1. The highest BCUT2D eigenvalue weighted by molar-refractivity contribution is 9.10. The number of rotatable bonds is 4. The molecule has 23 heavy (non-hydrogen) atoms. The summed E-state index contributed by atoms with van der Waals surface area (Å²) in [6.07, 6.45) is -0.365. The molecule has 1 aliphatic rings. The number of para-hydroxylation sites is 2. The summed E-state index contributed by atoms with van der Waals surface area (Å²) in [5.41, 5.74) is 0.860. The van der Waals surface area contributed by atoms with E-state index >= 15 is 0 Å². The molecule has 7 heteroatoms. The quantitative estimate of drug-likeness (QED) is 0.861. The highest BCUT2D eigenvalue weighted by Crippen LogP contribution is 2.30. The van der Waals surface area contributed by atoms with Crippen LogP contribution in [0.4, 0.5) is 0 Å². The molecule has 0 fully saturated rings. The molecule has 2 aromatic carbocycles. The standard InChI is InChI=1S/C16H16BrNO4S/c1-11-8-13(6-7-14(11)17)23(19,20)18-9-12-10-21-15-4-2-3-5-16(15)22-12/h2-8,12,18H,9-10H2,1H3/t12-/m0/s1. The summed E-state index contributed by atoms with van der Waals surface area (Å²) in [6, 6.07) is 12.2. The first-order valence-electron chi connectivity index (χ1n) is 7.10. The highest BCUT2D eigenvalue weighted by atomic mass is 79.9. The summed E-state index contributed by atoms with van der Waals surface area (Å²) in [5.74, 6) is 1.30.